The van der Waals surface area contributed by atoms with Gasteiger partial charge in [-0.25, -0.2) is 0 Å². The third kappa shape index (κ3) is 4.89. The summed E-state index contributed by atoms with van der Waals surface area (Å²) in [7, 11) is 1.64. The summed E-state index contributed by atoms with van der Waals surface area (Å²) >= 11 is 0. The summed E-state index contributed by atoms with van der Waals surface area (Å²) in [4.78, 5) is 0. The van der Waals surface area contributed by atoms with Crippen molar-refractivity contribution in [3.63, 3.8) is 0 Å². The molecular weight excluding hydrogens is 290 g/mol. The average Bonchev–Trinajstić information content (AvgIpc) is 2.56. The molecule has 0 unspecified atom stereocenters. The molecule has 0 amide bonds. The van der Waals surface area contributed by atoms with Crippen molar-refractivity contribution in [3.05, 3.63) is 53.1 Å². The summed E-state index contributed by atoms with van der Waals surface area (Å²) in [6.07, 6.45) is 0.826. The second-order valence-electron chi connectivity index (χ2n) is 5.47. The molecule has 2 rings (SSSR count). The molecule has 124 valence electrons. The Hall–Kier alpha value is -2.20. The van der Waals surface area contributed by atoms with Crippen molar-refractivity contribution in [1.82, 2.24) is 0 Å². The molecule has 0 saturated heterocycles. The number of hydrogen-bond acceptors (Lipinski definition) is 4. The highest BCUT2D eigenvalue weighted by atomic mass is 16.5. The van der Waals surface area contributed by atoms with Crippen molar-refractivity contribution in [3.8, 4) is 17.2 Å². The van der Waals surface area contributed by atoms with Crippen LogP contribution in [0.4, 0.5) is 0 Å². The number of nitrogens with two attached hydrogens (primary N) is 1. The maximum Gasteiger partial charge on any atom is 0.161 e. The fourth-order valence-electron chi connectivity index (χ4n) is 2.27. The van der Waals surface area contributed by atoms with Gasteiger partial charge in [0.2, 0.25) is 0 Å². The van der Waals surface area contributed by atoms with Crippen molar-refractivity contribution in [1.29, 1.82) is 0 Å². The van der Waals surface area contributed by atoms with Gasteiger partial charge < -0.3 is 19.9 Å². The maximum absolute atomic E-state index is 5.76. The lowest BCUT2D eigenvalue weighted by Gasteiger charge is -2.13. The van der Waals surface area contributed by atoms with E-state index in [0.29, 0.717) is 19.8 Å². The molecule has 0 bridgehead atoms. The van der Waals surface area contributed by atoms with Crippen molar-refractivity contribution in [2.24, 2.45) is 5.73 Å². The highest BCUT2D eigenvalue weighted by Crippen LogP contribution is 2.28. The molecule has 0 aliphatic rings. The van der Waals surface area contributed by atoms with Crippen LogP contribution in [0.3, 0.4) is 0 Å². The number of hydrogen-bond donors (Lipinski definition) is 1. The van der Waals surface area contributed by atoms with Gasteiger partial charge in [0, 0.05) is 0 Å². The minimum absolute atomic E-state index is 0.458. The van der Waals surface area contributed by atoms with Gasteiger partial charge in [-0.3, -0.25) is 0 Å². The van der Waals surface area contributed by atoms with E-state index in [0.717, 1.165) is 29.2 Å². The van der Waals surface area contributed by atoms with E-state index in [2.05, 4.69) is 19.9 Å². The third-order valence-electron chi connectivity index (χ3n) is 3.75. The van der Waals surface area contributed by atoms with Crippen LogP contribution in [0.25, 0.3) is 0 Å². The molecule has 0 saturated carbocycles. The summed E-state index contributed by atoms with van der Waals surface area (Å²) in [5, 5.41) is 0. The molecule has 0 fully saturated rings. The summed E-state index contributed by atoms with van der Waals surface area (Å²) in [6, 6.07) is 12.0. The largest absolute Gasteiger partial charge is 0.493 e. The van der Waals surface area contributed by atoms with Gasteiger partial charge in [-0.2, -0.15) is 0 Å². The first-order chi connectivity index (χ1) is 11.1. The number of ether oxygens (including phenoxy) is 3. The Balaban J connectivity index is 1.87. The molecular formula is C19H25NO3. The van der Waals surface area contributed by atoms with Gasteiger partial charge in [0.1, 0.15) is 19.0 Å². The highest BCUT2D eigenvalue weighted by molar-refractivity contribution is 5.43. The van der Waals surface area contributed by atoms with E-state index in [9.17, 15) is 0 Å². The zero-order chi connectivity index (χ0) is 16.7. The predicted octanol–water partition coefficient (Wildman–Crippen LogP) is 3.27. The van der Waals surface area contributed by atoms with Gasteiger partial charge in [0.05, 0.1) is 7.11 Å². The van der Waals surface area contributed by atoms with E-state index in [1.807, 2.05) is 30.3 Å². The standard InChI is InChI=1S/C19H25NO3/c1-14-4-6-17(12-15(14)2)22-10-11-23-18-7-5-16(8-9-20)13-19(18)21-3/h4-7,12-13H,8-11,20H2,1-3H3. The van der Waals surface area contributed by atoms with Crippen molar-refractivity contribution in [2.75, 3.05) is 26.9 Å². The molecule has 23 heavy (non-hydrogen) atoms. The quantitative estimate of drug-likeness (QED) is 0.760. The van der Waals surface area contributed by atoms with Crippen LogP contribution < -0.4 is 19.9 Å². The molecule has 2 aromatic carbocycles. The molecule has 0 atom stereocenters. The number of rotatable bonds is 8. The summed E-state index contributed by atoms with van der Waals surface area (Å²) in [5.41, 5.74) is 9.20. The molecule has 2 aromatic rings. The van der Waals surface area contributed by atoms with Gasteiger partial charge in [-0.1, -0.05) is 12.1 Å². The SMILES string of the molecule is COc1cc(CCN)ccc1OCCOc1ccc(C)c(C)c1. The molecule has 4 nitrogen and oxygen atoms in total. The first-order valence-electron chi connectivity index (χ1n) is 7.84. The Morgan fingerprint density at radius 3 is 2.35 bits per heavy atom. The lowest BCUT2D eigenvalue weighted by atomic mass is 10.1. The van der Waals surface area contributed by atoms with Crippen LogP contribution in [0.1, 0.15) is 16.7 Å². The fourth-order valence-corrected chi connectivity index (χ4v) is 2.27. The molecule has 0 aromatic heterocycles. The lowest BCUT2D eigenvalue weighted by molar-refractivity contribution is 0.211. The van der Waals surface area contributed by atoms with E-state index < -0.39 is 0 Å². The number of aryl methyl sites for hydroxylation is 2. The van der Waals surface area contributed by atoms with Crippen LogP contribution in [0.5, 0.6) is 17.2 Å². The van der Waals surface area contributed by atoms with E-state index in [-0.39, 0.29) is 0 Å². The molecule has 0 spiro atoms. The lowest BCUT2D eigenvalue weighted by Crippen LogP contribution is -2.10. The Morgan fingerprint density at radius 1 is 0.870 bits per heavy atom. The molecule has 0 heterocycles. The Morgan fingerprint density at radius 2 is 1.65 bits per heavy atom. The van der Waals surface area contributed by atoms with Crippen molar-refractivity contribution < 1.29 is 14.2 Å². The van der Waals surface area contributed by atoms with Gasteiger partial charge in [0.15, 0.2) is 11.5 Å². The smallest absolute Gasteiger partial charge is 0.161 e. The Labute approximate surface area is 138 Å². The maximum atomic E-state index is 5.76. The van der Waals surface area contributed by atoms with E-state index in [1.54, 1.807) is 7.11 Å². The Bertz CT molecular complexity index is 641. The Kier molecular flexibility index (Phi) is 6.29. The monoisotopic (exact) mass is 315 g/mol. The predicted molar refractivity (Wildman–Crippen MR) is 92.7 cm³/mol. The van der Waals surface area contributed by atoms with Crippen LogP contribution in [-0.4, -0.2) is 26.9 Å². The van der Waals surface area contributed by atoms with Crippen molar-refractivity contribution in [2.45, 2.75) is 20.3 Å². The number of methoxy groups -OCH3 is 1. The van der Waals surface area contributed by atoms with Crippen LogP contribution in [0.15, 0.2) is 36.4 Å². The minimum atomic E-state index is 0.458. The van der Waals surface area contributed by atoms with Gasteiger partial charge in [-0.05, 0) is 67.8 Å². The zero-order valence-corrected chi connectivity index (χ0v) is 14.1. The third-order valence-corrected chi connectivity index (χ3v) is 3.75. The van der Waals surface area contributed by atoms with Gasteiger partial charge in [0.25, 0.3) is 0 Å². The summed E-state index contributed by atoms with van der Waals surface area (Å²) in [6.45, 7) is 5.72. The second kappa shape index (κ2) is 8.44. The fraction of sp³-hybridized carbons (Fsp3) is 0.368. The van der Waals surface area contributed by atoms with Crippen LogP contribution in [0, 0.1) is 13.8 Å². The number of benzene rings is 2. The summed E-state index contributed by atoms with van der Waals surface area (Å²) < 4.78 is 16.8. The van der Waals surface area contributed by atoms with Crippen molar-refractivity contribution >= 4 is 0 Å². The minimum Gasteiger partial charge on any atom is -0.493 e. The molecule has 4 heteroatoms. The normalized spacial score (nSPS) is 10.4. The van der Waals surface area contributed by atoms with E-state index in [4.69, 9.17) is 19.9 Å². The molecule has 2 N–H and O–H groups in total. The molecule has 0 aliphatic carbocycles. The first-order valence-corrected chi connectivity index (χ1v) is 7.84. The van der Waals surface area contributed by atoms with Gasteiger partial charge >= 0.3 is 0 Å². The first kappa shape index (κ1) is 17.2. The topological polar surface area (TPSA) is 53.7 Å². The molecule has 0 aliphatic heterocycles. The highest BCUT2D eigenvalue weighted by Gasteiger charge is 2.06. The van der Waals surface area contributed by atoms with E-state index in [1.165, 1.54) is 11.1 Å². The van der Waals surface area contributed by atoms with E-state index >= 15 is 0 Å². The van der Waals surface area contributed by atoms with Crippen LogP contribution in [0.2, 0.25) is 0 Å². The van der Waals surface area contributed by atoms with Crippen LogP contribution in [-0.2, 0) is 6.42 Å². The second-order valence-corrected chi connectivity index (χ2v) is 5.47. The van der Waals surface area contributed by atoms with Crippen LogP contribution >= 0.6 is 0 Å². The van der Waals surface area contributed by atoms with Gasteiger partial charge in [-0.15, -0.1) is 0 Å². The average molecular weight is 315 g/mol. The summed E-state index contributed by atoms with van der Waals surface area (Å²) in [5.74, 6) is 2.31. The zero-order valence-electron chi connectivity index (χ0n) is 14.1. The molecule has 0 radical (unpaired) electrons.